The monoisotopic (exact) mass is 273 g/mol. The Morgan fingerprint density at radius 2 is 2.11 bits per heavy atom. The first kappa shape index (κ1) is 12.0. The zero-order chi connectivity index (χ0) is 13.2. The van der Waals surface area contributed by atoms with E-state index in [4.69, 9.17) is 16.0 Å². The summed E-state index contributed by atoms with van der Waals surface area (Å²) in [7, 11) is 0. The van der Waals surface area contributed by atoms with Gasteiger partial charge in [0, 0.05) is 11.9 Å². The van der Waals surface area contributed by atoms with Gasteiger partial charge in [-0.05, 0) is 31.2 Å². The van der Waals surface area contributed by atoms with Crippen LogP contribution in [0.2, 0.25) is 5.02 Å². The topological polar surface area (TPSA) is 51.0 Å². The molecular formula is C14H12ClN3O. The molecule has 2 heterocycles. The van der Waals surface area contributed by atoms with Crippen LogP contribution in [0.4, 0.5) is 5.82 Å². The molecule has 1 aromatic carbocycles. The van der Waals surface area contributed by atoms with Crippen LogP contribution in [0.25, 0.3) is 22.4 Å². The summed E-state index contributed by atoms with van der Waals surface area (Å²) in [6.45, 7) is 2.82. The standard InChI is InChI=1S/C14H12ClN3O/c1-2-16-13-7-6-11(17-18-13)12-8-9-4-3-5-10(15)14(9)19-12/h3-8H,2H2,1H3,(H,16,18). The lowest BCUT2D eigenvalue weighted by Crippen LogP contribution is -2.00. The molecule has 0 bridgehead atoms. The van der Waals surface area contributed by atoms with Crippen molar-refractivity contribution in [1.82, 2.24) is 10.2 Å². The number of aromatic nitrogens is 2. The van der Waals surface area contributed by atoms with Crippen molar-refractivity contribution in [3.05, 3.63) is 41.4 Å². The summed E-state index contributed by atoms with van der Waals surface area (Å²) in [6, 6.07) is 11.3. The minimum absolute atomic E-state index is 0.598. The largest absolute Gasteiger partial charge is 0.453 e. The molecule has 0 radical (unpaired) electrons. The number of halogens is 1. The normalized spacial score (nSPS) is 10.8. The SMILES string of the molecule is CCNc1ccc(-c2cc3cccc(Cl)c3o2)nn1. The molecule has 0 saturated heterocycles. The highest BCUT2D eigenvalue weighted by Crippen LogP contribution is 2.30. The van der Waals surface area contributed by atoms with E-state index in [1.54, 1.807) is 6.07 Å². The lowest BCUT2D eigenvalue weighted by Gasteiger charge is -2.00. The number of anilines is 1. The van der Waals surface area contributed by atoms with Crippen molar-refractivity contribution in [2.45, 2.75) is 6.92 Å². The van der Waals surface area contributed by atoms with Gasteiger partial charge in [-0.3, -0.25) is 0 Å². The number of nitrogens with one attached hydrogen (secondary N) is 1. The molecule has 3 rings (SSSR count). The molecule has 0 aliphatic carbocycles. The summed E-state index contributed by atoms with van der Waals surface area (Å²) >= 11 is 6.08. The van der Waals surface area contributed by atoms with E-state index >= 15 is 0 Å². The maximum absolute atomic E-state index is 6.08. The van der Waals surface area contributed by atoms with Crippen molar-refractivity contribution in [2.24, 2.45) is 0 Å². The van der Waals surface area contributed by atoms with Gasteiger partial charge in [0.05, 0.1) is 5.02 Å². The number of benzene rings is 1. The van der Waals surface area contributed by atoms with E-state index in [1.807, 2.05) is 37.3 Å². The van der Waals surface area contributed by atoms with Gasteiger partial charge < -0.3 is 9.73 Å². The minimum atomic E-state index is 0.598. The summed E-state index contributed by atoms with van der Waals surface area (Å²) in [6.07, 6.45) is 0. The number of furan rings is 1. The van der Waals surface area contributed by atoms with E-state index < -0.39 is 0 Å². The van der Waals surface area contributed by atoms with Crippen LogP contribution in [-0.4, -0.2) is 16.7 Å². The number of nitrogens with zero attached hydrogens (tertiary/aromatic N) is 2. The van der Waals surface area contributed by atoms with Crippen LogP contribution in [0.3, 0.4) is 0 Å². The van der Waals surface area contributed by atoms with E-state index in [0.29, 0.717) is 22.1 Å². The molecule has 0 aliphatic heterocycles. The summed E-state index contributed by atoms with van der Waals surface area (Å²) in [5.41, 5.74) is 1.37. The Hall–Kier alpha value is -2.07. The van der Waals surface area contributed by atoms with Crippen LogP contribution < -0.4 is 5.32 Å². The highest BCUT2D eigenvalue weighted by molar-refractivity contribution is 6.34. The van der Waals surface area contributed by atoms with Crippen LogP contribution in [0.1, 0.15) is 6.92 Å². The third kappa shape index (κ3) is 2.27. The van der Waals surface area contributed by atoms with Crippen LogP contribution in [0, 0.1) is 0 Å². The smallest absolute Gasteiger partial charge is 0.155 e. The molecule has 2 aromatic heterocycles. The van der Waals surface area contributed by atoms with Crippen LogP contribution >= 0.6 is 11.6 Å². The second-order valence-electron chi connectivity index (χ2n) is 4.10. The molecule has 0 saturated carbocycles. The average Bonchev–Trinajstić information content (AvgIpc) is 2.85. The molecule has 0 amide bonds. The number of hydrogen-bond acceptors (Lipinski definition) is 4. The quantitative estimate of drug-likeness (QED) is 0.784. The Labute approximate surface area is 115 Å². The second kappa shape index (κ2) is 4.90. The van der Waals surface area contributed by atoms with Crippen molar-refractivity contribution < 1.29 is 4.42 Å². The Morgan fingerprint density at radius 3 is 2.79 bits per heavy atom. The summed E-state index contributed by atoms with van der Waals surface area (Å²) in [5.74, 6) is 1.42. The molecule has 0 atom stereocenters. The van der Waals surface area contributed by atoms with Crippen molar-refractivity contribution >= 4 is 28.4 Å². The zero-order valence-electron chi connectivity index (χ0n) is 10.4. The molecule has 0 spiro atoms. The lowest BCUT2D eigenvalue weighted by molar-refractivity contribution is 0.627. The lowest BCUT2D eigenvalue weighted by atomic mass is 10.2. The molecule has 0 unspecified atom stereocenters. The van der Waals surface area contributed by atoms with E-state index in [0.717, 1.165) is 17.7 Å². The fraction of sp³-hybridized carbons (Fsp3) is 0.143. The zero-order valence-corrected chi connectivity index (χ0v) is 11.1. The van der Waals surface area contributed by atoms with Gasteiger partial charge in [-0.2, -0.15) is 0 Å². The highest BCUT2D eigenvalue weighted by atomic mass is 35.5. The Balaban J connectivity index is 2.01. The molecule has 96 valence electrons. The fourth-order valence-corrected chi connectivity index (χ4v) is 2.11. The Bertz CT molecular complexity index is 706. The average molecular weight is 274 g/mol. The molecule has 19 heavy (non-hydrogen) atoms. The maximum atomic E-state index is 6.08. The molecule has 0 fully saturated rings. The van der Waals surface area contributed by atoms with Crippen molar-refractivity contribution in [3.63, 3.8) is 0 Å². The Morgan fingerprint density at radius 1 is 1.21 bits per heavy atom. The second-order valence-corrected chi connectivity index (χ2v) is 4.51. The Kier molecular flexibility index (Phi) is 3.09. The van der Waals surface area contributed by atoms with Gasteiger partial charge in [-0.1, -0.05) is 23.7 Å². The molecule has 3 aromatic rings. The number of para-hydroxylation sites is 1. The number of hydrogen-bond donors (Lipinski definition) is 1. The molecular weight excluding hydrogens is 262 g/mol. The minimum Gasteiger partial charge on any atom is -0.453 e. The summed E-state index contributed by atoms with van der Waals surface area (Å²) in [4.78, 5) is 0. The van der Waals surface area contributed by atoms with Gasteiger partial charge in [-0.15, -0.1) is 10.2 Å². The van der Waals surface area contributed by atoms with Gasteiger partial charge in [0.15, 0.2) is 11.3 Å². The van der Waals surface area contributed by atoms with E-state index in [9.17, 15) is 0 Å². The summed E-state index contributed by atoms with van der Waals surface area (Å²) in [5, 5.41) is 12.9. The predicted molar refractivity (Wildman–Crippen MR) is 76.4 cm³/mol. The van der Waals surface area contributed by atoms with Gasteiger partial charge in [0.1, 0.15) is 11.5 Å². The summed E-state index contributed by atoms with van der Waals surface area (Å²) < 4.78 is 5.73. The van der Waals surface area contributed by atoms with Crippen LogP contribution in [0.15, 0.2) is 40.8 Å². The van der Waals surface area contributed by atoms with E-state index in [2.05, 4.69) is 15.5 Å². The maximum Gasteiger partial charge on any atom is 0.155 e. The highest BCUT2D eigenvalue weighted by Gasteiger charge is 2.10. The van der Waals surface area contributed by atoms with E-state index in [1.165, 1.54) is 0 Å². The van der Waals surface area contributed by atoms with Crippen molar-refractivity contribution in [2.75, 3.05) is 11.9 Å². The molecule has 4 nitrogen and oxygen atoms in total. The predicted octanol–water partition coefficient (Wildman–Crippen LogP) is 3.98. The van der Waals surface area contributed by atoms with Crippen molar-refractivity contribution in [1.29, 1.82) is 0 Å². The fourth-order valence-electron chi connectivity index (χ4n) is 1.89. The molecule has 1 N–H and O–H groups in total. The third-order valence-corrected chi connectivity index (χ3v) is 3.07. The number of rotatable bonds is 3. The van der Waals surface area contributed by atoms with Gasteiger partial charge in [0.2, 0.25) is 0 Å². The molecule has 5 heteroatoms. The van der Waals surface area contributed by atoms with Gasteiger partial charge >= 0.3 is 0 Å². The van der Waals surface area contributed by atoms with Gasteiger partial charge in [-0.25, -0.2) is 0 Å². The first-order valence-corrected chi connectivity index (χ1v) is 6.42. The number of fused-ring (bicyclic) bond motifs is 1. The van der Waals surface area contributed by atoms with Gasteiger partial charge in [0.25, 0.3) is 0 Å². The van der Waals surface area contributed by atoms with Crippen LogP contribution in [0.5, 0.6) is 0 Å². The van der Waals surface area contributed by atoms with E-state index in [-0.39, 0.29) is 0 Å². The first-order chi connectivity index (χ1) is 9.28. The van der Waals surface area contributed by atoms with Crippen LogP contribution in [-0.2, 0) is 0 Å². The van der Waals surface area contributed by atoms with Crippen molar-refractivity contribution in [3.8, 4) is 11.5 Å². The molecule has 0 aliphatic rings. The first-order valence-electron chi connectivity index (χ1n) is 6.04. The third-order valence-electron chi connectivity index (χ3n) is 2.77.